The number of hydrogen-bond donors (Lipinski definition) is 1. The fourth-order valence-corrected chi connectivity index (χ4v) is 1.43. The van der Waals surface area contributed by atoms with E-state index in [0.29, 0.717) is 6.54 Å². The first kappa shape index (κ1) is 10.4. The lowest BCUT2D eigenvalue weighted by Crippen LogP contribution is -2.01. The van der Waals surface area contributed by atoms with Crippen LogP contribution in [0.1, 0.15) is 12.0 Å². The average Bonchev–Trinajstić information content (AvgIpc) is 2.15. The van der Waals surface area contributed by atoms with Crippen molar-refractivity contribution >= 4 is 11.6 Å². The van der Waals surface area contributed by atoms with Crippen molar-refractivity contribution < 1.29 is 4.74 Å². The Kier molecular flexibility index (Phi) is 4.06. The standard InChI is InChI=1S/C10H14ClNO/c1-13-10-5-4-9(11)7-8(10)3-2-6-12/h4-5,7H,2-3,6,12H2,1H3. The third-order valence-corrected chi connectivity index (χ3v) is 2.13. The van der Waals surface area contributed by atoms with E-state index in [9.17, 15) is 0 Å². The van der Waals surface area contributed by atoms with Gasteiger partial charge in [-0.05, 0) is 43.1 Å². The van der Waals surface area contributed by atoms with E-state index >= 15 is 0 Å². The van der Waals surface area contributed by atoms with Crippen LogP contribution in [-0.2, 0) is 6.42 Å². The third kappa shape index (κ3) is 2.90. The molecular weight excluding hydrogens is 186 g/mol. The van der Waals surface area contributed by atoms with E-state index in [1.54, 1.807) is 7.11 Å². The molecule has 0 atom stereocenters. The van der Waals surface area contributed by atoms with Crippen molar-refractivity contribution in [3.8, 4) is 5.75 Å². The van der Waals surface area contributed by atoms with Crippen LogP contribution in [0.15, 0.2) is 18.2 Å². The predicted molar refractivity (Wildman–Crippen MR) is 55.4 cm³/mol. The van der Waals surface area contributed by atoms with Crippen molar-refractivity contribution in [2.75, 3.05) is 13.7 Å². The summed E-state index contributed by atoms with van der Waals surface area (Å²) in [7, 11) is 1.66. The van der Waals surface area contributed by atoms with Crippen LogP contribution in [0.5, 0.6) is 5.75 Å². The molecule has 2 nitrogen and oxygen atoms in total. The van der Waals surface area contributed by atoms with E-state index in [1.807, 2.05) is 18.2 Å². The van der Waals surface area contributed by atoms with E-state index in [1.165, 1.54) is 0 Å². The zero-order valence-electron chi connectivity index (χ0n) is 7.72. The lowest BCUT2D eigenvalue weighted by molar-refractivity contribution is 0.409. The number of ether oxygens (including phenoxy) is 1. The van der Waals surface area contributed by atoms with Gasteiger partial charge in [0.25, 0.3) is 0 Å². The number of aryl methyl sites for hydroxylation is 1. The van der Waals surface area contributed by atoms with Gasteiger partial charge in [-0.15, -0.1) is 0 Å². The molecule has 0 heterocycles. The highest BCUT2D eigenvalue weighted by atomic mass is 35.5. The molecular formula is C10H14ClNO. The van der Waals surface area contributed by atoms with Crippen LogP contribution in [0.2, 0.25) is 5.02 Å². The van der Waals surface area contributed by atoms with E-state index in [-0.39, 0.29) is 0 Å². The molecule has 0 spiro atoms. The second-order valence-electron chi connectivity index (χ2n) is 2.85. The Labute approximate surface area is 83.6 Å². The van der Waals surface area contributed by atoms with Gasteiger partial charge >= 0.3 is 0 Å². The molecule has 0 amide bonds. The fraction of sp³-hybridized carbons (Fsp3) is 0.400. The van der Waals surface area contributed by atoms with Crippen molar-refractivity contribution in [3.05, 3.63) is 28.8 Å². The number of benzene rings is 1. The van der Waals surface area contributed by atoms with Crippen molar-refractivity contribution in [1.82, 2.24) is 0 Å². The molecule has 72 valence electrons. The molecule has 0 unspecified atom stereocenters. The molecule has 3 heteroatoms. The summed E-state index contributed by atoms with van der Waals surface area (Å²) < 4.78 is 5.20. The molecule has 0 radical (unpaired) electrons. The van der Waals surface area contributed by atoms with Crippen LogP contribution in [0.25, 0.3) is 0 Å². The van der Waals surface area contributed by atoms with Crippen molar-refractivity contribution in [1.29, 1.82) is 0 Å². The molecule has 13 heavy (non-hydrogen) atoms. The van der Waals surface area contributed by atoms with Crippen molar-refractivity contribution in [2.24, 2.45) is 5.73 Å². The van der Waals surface area contributed by atoms with E-state index < -0.39 is 0 Å². The van der Waals surface area contributed by atoms with Gasteiger partial charge in [-0.3, -0.25) is 0 Å². The van der Waals surface area contributed by atoms with Gasteiger partial charge in [-0.1, -0.05) is 11.6 Å². The number of nitrogens with two attached hydrogens (primary N) is 1. The summed E-state index contributed by atoms with van der Waals surface area (Å²) in [5, 5.41) is 0.743. The lowest BCUT2D eigenvalue weighted by atomic mass is 10.1. The first-order valence-corrected chi connectivity index (χ1v) is 4.68. The van der Waals surface area contributed by atoms with Gasteiger partial charge in [-0.2, -0.15) is 0 Å². The van der Waals surface area contributed by atoms with Gasteiger partial charge < -0.3 is 10.5 Å². The second kappa shape index (κ2) is 5.10. The molecule has 0 aliphatic heterocycles. The molecule has 0 aliphatic rings. The van der Waals surface area contributed by atoms with Gasteiger partial charge in [0.05, 0.1) is 7.11 Å². The average molecular weight is 200 g/mol. The summed E-state index contributed by atoms with van der Waals surface area (Å²) in [5.41, 5.74) is 6.56. The number of halogens is 1. The zero-order chi connectivity index (χ0) is 9.68. The maximum Gasteiger partial charge on any atom is 0.122 e. The quantitative estimate of drug-likeness (QED) is 0.808. The minimum atomic E-state index is 0.690. The normalized spacial score (nSPS) is 10.1. The molecule has 1 aromatic rings. The fourth-order valence-electron chi connectivity index (χ4n) is 1.24. The van der Waals surface area contributed by atoms with Crippen LogP contribution < -0.4 is 10.5 Å². The summed E-state index contributed by atoms with van der Waals surface area (Å²) in [6.07, 6.45) is 1.87. The van der Waals surface area contributed by atoms with Crippen LogP contribution in [0.3, 0.4) is 0 Å². The van der Waals surface area contributed by atoms with Gasteiger partial charge in [-0.25, -0.2) is 0 Å². The Morgan fingerprint density at radius 1 is 1.46 bits per heavy atom. The number of hydrogen-bond acceptors (Lipinski definition) is 2. The Morgan fingerprint density at radius 2 is 2.23 bits per heavy atom. The van der Waals surface area contributed by atoms with Crippen LogP contribution in [0.4, 0.5) is 0 Å². The molecule has 0 aliphatic carbocycles. The highest BCUT2D eigenvalue weighted by Crippen LogP contribution is 2.23. The van der Waals surface area contributed by atoms with E-state index in [2.05, 4.69) is 0 Å². The Balaban J connectivity index is 2.81. The highest BCUT2D eigenvalue weighted by Gasteiger charge is 2.02. The van der Waals surface area contributed by atoms with Crippen LogP contribution in [0, 0.1) is 0 Å². The maximum absolute atomic E-state index is 5.87. The molecule has 0 fully saturated rings. The lowest BCUT2D eigenvalue weighted by Gasteiger charge is -2.07. The van der Waals surface area contributed by atoms with Crippen LogP contribution in [-0.4, -0.2) is 13.7 Å². The minimum absolute atomic E-state index is 0.690. The van der Waals surface area contributed by atoms with Gasteiger partial charge in [0, 0.05) is 5.02 Å². The smallest absolute Gasteiger partial charge is 0.122 e. The van der Waals surface area contributed by atoms with Crippen molar-refractivity contribution in [3.63, 3.8) is 0 Å². The summed E-state index contributed by atoms with van der Waals surface area (Å²) in [6.45, 7) is 0.690. The van der Waals surface area contributed by atoms with Crippen molar-refractivity contribution in [2.45, 2.75) is 12.8 Å². The topological polar surface area (TPSA) is 35.2 Å². The minimum Gasteiger partial charge on any atom is -0.496 e. The van der Waals surface area contributed by atoms with Crippen LogP contribution >= 0.6 is 11.6 Å². The summed E-state index contributed by atoms with van der Waals surface area (Å²) in [5.74, 6) is 0.887. The van der Waals surface area contributed by atoms with Gasteiger partial charge in [0.15, 0.2) is 0 Å². The molecule has 1 aromatic carbocycles. The highest BCUT2D eigenvalue weighted by molar-refractivity contribution is 6.30. The first-order valence-electron chi connectivity index (χ1n) is 4.30. The predicted octanol–water partition coefficient (Wildman–Crippen LogP) is 2.24. The summed E-state index contributed by atoms with van der Waals surface area (Å²) >= 11 is 5.87. The maximum atomic E-state index is 5.87. The summed E-state index contributed by atoms with van der Waals surface area (Å²) in [6, 6.07) is 5.64. The number of rotatable bonds is 4. The van der Waals surface area contributed by atoms with E-state index in [4.69, 9.17) is 22.1 Å². The Bertz CT molecular complexity index is 276. The molecule has 0 saturated carbocycles. The molecule has 0 bridgehead atoms. The molecule has 1 rings (SSSR count). The SMILES string of the molecule is COc1ccc(Cl)cc1CCCN. The Hall–Kier alpha value is -0.730. The largest absolute Gasteiger partial charge is 0.496 e. The molecule has 0 aromatic heterocycles. The monoisotopic (exact) mass is 199 g/mol. The number of methoxy groups -OCH3 is 1. The molecule has 2 N–H and O–H groups in total. The van der Waals surface area contributed by atoms with Gasteiger partial charge in [0.1, 0.15) is 5.75 Å². The molecule has 0 saturated heterocycles. The second-order valence-corrected chi connectivity index (χ2v) is 3.28. The van der Waals surface area contributed by atoms with Gasteiger partial charge in [0.2, 0.25) is 0 Å². The Morgan fingerprint density at radius 3 is 2.85 bits per heavy atom. The summed E-state index contributed by atoms with van der Waals surface area (Å²) in [4.78, 5) is 0. The first-order chi connectivity index (χ1) is 6.27. The third-order valence-electron chi connectivity index (χ3n) is 1.89. The van der Waals surface area contributed by atoms with E-state index in [0.717, 1.165) is 29.2 Å². The zero-order valence-corrected chi connectivity index (χ0v) is 8.47.